The molecule has 0 aliphatic rings. The average Bonchev–Trinajstić information content (AvgIpc) is 2.69. The van der Waals surface area contributed by atoms with E-state index in [1.165, 1.54) is 37.3 Å². The molecule has 0 bridgehead atoms. The number of hydrogen-bond acceptors (Lipinski definition) is 2. The van der Waals surface area contributed by atoms with Gasteiger partial charge in [-0.1, -0.05) is 59.1 Å². The maximum absolute atomic E-state index is 13.6. The summed E-state index contributed by atoms with van der Waals surface area (Å²) in [6.45, 7) is 1.27. The first kappa shape index (κ1) is 28.8. The summed E-state index contributed by atoms with van der Waals surface area (Å²) in [5, 5.41) is 3.96. The number of amides is 2. The third-order valence-corrected chi connectivity index (χ3v) is 5.65. The van der Waals surface area contributed by atoms with Crippen LogP contribution >= 0.6 is 34.8 Å². The standard InChI is InChI=1S/C22H17Cl3F6N2O2/c1-11(32-18(34)10-21(26,27)28)33-20(35)13-5-2-12(3-6-13)4-7-15(22(29,30)31)14-8-16(23)19(25)17(24)9-14/h2-9,11,15H,10H2,1H3,(H,32,34)(H,33,35)/b7-4+/t11-,15?/m1/s1. The van der Waals surface area contributed by atoms with Crippen LogP contribution in [0.4, 0.5) is 26.3 Å². The van der Waals surface area contributed by atoms with E-state index in [-0.39, 0.29) is 26.2 Å². The van der Waals surface area contributed by atoms with Gasteiger partial charge in [-0.2, -0.15) is 26.3 Å². The van der Waals surface area contributed by atoms with Gasteiger partial charge in [0, 0.05) is 5.56 Å². The Morgan fingerprint density at radius 2 is 1.49 bits per heavy atom. The number of carbonyl (C=O) groups excluding carboxylic acids is 2. The van der Waals surface area contributed by atoms with Crippen molar-refractivity contribution in [2.45, 2.75) is 37.8 Å². The molecule has 4 nitrogen and oxygen atoms in total. The van der Waals surface area contributed by atoms with E-state index in [4.69, 9.17) is 34.8 Å². The van der Waals surface area contributed by atoms with Gasteiger partial charge < -0.3 is 10.6 Å². The molecule has 0 spiro atoms. The van der Waals surface area contributed by atoms with Crippen LogP contribution in [-0.4, -0.2) is 30.3 Å². The van der Waals surface area contributed by atoms with E-state index in [9.17, 15) is 35.9 Å². The van der Waals surface area contributed by atoms with E-state index in [2.05, 4.69) is 5.32 Å². The van der Waals surface area contributed by atoms with E-state index in [1.807, 2.05) is 5.32 Å². The highest BCUT2D eigenvalue weighted by atomic mass is 35.5. The lowest BCUT2D eigenvalue weighted by Crippen LogP contribution is -2.46. The van der Waals surface area contributed by atoms with Crippen LogP contribution in [-0.2, 0) is 4.79 Å². The van der Waals surface area contributed by atoms with Gasteiger partial charge in [0.25, 0.3) is 5.91 Å². The zero-order valence-corrected chi connectivity index (χ0v) is 20.0. The Labute approximate surface area is 211 Å². The molecule has 190 valence electrons. The molecule has 2 amide bonds. The van der Waals surface area contributed by atoms with Gasteiger partial charge in [-0.25, -0.2) is 0 Å². The first-order valence-corrected chi connectivity index (χ1v) is 10.9. The fourth-order valence-electron chi connectivity index (χ4n) is 2.91. The number of rotatable bonds is 7. The average molecular weight is 562 g/mol. The third-order valence-electron chi connectivity index (χ3n) is 4.46. The minimum absolute atomic E-state index is 0.0647. The van der Waals surface area contributed by atoms with Crippen molar-refractivity contribution in [3.8, 4) is 0 Å². The quantitative estimate of drug-likeness (QED) is 0.214. The highest BCUT2D eigenvalue weighted by Gasteiger charge is 2.39. The second kappa shape index (κ2) is 11.5. The lowest BCUT2D eigenvalue weighted by atomic mass is 9.97. The highest BCUT2D eigenvalue weighted by Crippen LogP contribution is 2.41. The fraction of sp³-hybridized carbons (Fsp3) is 0.273. The molecule has 1 unspecified atom stereocenters. The molecule has 35 heavy (non-hydrogen) atoms. The Kier molecular flexibility index (Phi) is 9.49. The summed E-state index contributed by atoms with van der Waals surface area (Å²) in [5.74, 6) is -4.06. The molecule has 0 aliphatic carbocycles. The van der Waals surface area contributed by atoms with Gasteiger partial charge in [-0.15, -0.1) is 0 Å². The lowest BCUT2D eigenvalue weighted by molar-refractivity contribution is -0.154. The summed E-state index contributed by atoms with van der Waals surface area (Å²) in [7, 11) is 0. The van der Waals surface area contributed by atoms with E-state index in [0.29, 0.717) is 5.56 Å². The predicted molar refractivity (Wildman–Crippen MR) is 121 cm³/mol. The molecule has 0 radical (unpaired) electrons. The van der Waals surface area contributed by atoms with Crippen molar-refractivity contribution in [3.63, 3.8) is 0 Å². The van der Waals surface area contributed by atoms with E-state index >= 15 is 0 Å². The lowest BCUT2D eigenvalue weighted by Gasteiger charge is -2.18. The van der Waals surface area contributed by atoms with E-state index in [1.54, 1.807) is 0 Å². The SMILES string of the molecule is C[C@H](NC(=O)CC(F)(F)F)NC(=O)c1ccc(/C=C/C(c2cc(Cl)c(Cl)c(Cl)c2)C(F)(F)F)cc1. The van der Waals surface area contributed by atoms with Crippen LogP contribution in [0.3, 0.4) is 0 Å². The molecule has 0 heterocycles. The zero-order chi connectivity index (χ0) is 26.6. The first-order chi connectivity index (χ1) is 16.1. The van der Waals surface area contributed by atoms with Crippen LogP contribution in [0.5, 0.6) is 0 Å². The maximum Gasteiger partial charge on any atom is 0.399 e. The second-order valence-corrected chi connectivity index (χ2v) is 8.55. The molecule has 2 aromatic carbocycles. The van der Waals surface area contributed by atoms with Crippen LogP contribution in [0.1, 0.15) is 40.7 Å². The maximum atomic E-state index is 13.6. The van der Waals surface area contributed by atoms with Crippen LogP contribution in [0.2, 0.25) is 15.1 Å². The Hall–Kier alpha value is -2.43. The Morgan fingerprint density at radius 1 is 0.943 bits per heavy atom. The van der Waals surface area contributed by atoms with E-state index in [0.717, 1.165) is 18.2 Å². The number of carbonyl (C=O) groups is 2. The van der Waals surface area contributed by atoms with Crippen LogP contribution < -0.4 is 10.6 Å². The number of benzene rings is 2. The van der Waals surface area contributed by atoms with Gasteiger partial charge in [-0.05, 0) is 42.3 Å². The summed E-state index contributed by atoms with van der Waals surface area (Å²) < 4.78 is 77.5. The largest absolute Gasteiger partial charge is 0.399 e. The van der Waals surface area contributed by atoms with Crippen molar-refractivity contribution in [1.82, 2.24) is 10.6 Å². The monoisotopic (exact) mass is 560 g/mol. The minimum atomic E-state index is -4.69. The normalized spacial score (nSPS) is 14.0. The molecule has 0 fully saturated rings. The smallest absolute Gasteiger partial charge is 0.336 e. The van der Waals surface area contributed by atoms with Gasteiger partial charge in [0.15, 0.2) is 0 Å². The predicted octanol–water partition coefficient (Wildman–Crippen LogP) is 7.15. The molecule has 2 atom stereocenters. The third kappa shape index (κ3) is 8.94. The van der Waals surface area contributed by atoms with E-state index < -0.39 is 42.7 Å². The van der Waals surface area contributed by atoms with Gasteiger partial charge in [0.1, 0.15) is 6.42 Å². The first-order valence-electron chi connectivity index (χ1n) is 9.73. The summed E-state index contributed by atoms with van der Waals surface area (Å²) in [5.41, 5.74) is 0.182. The van der Waals surface area contributed by atoms with Crippen molar-refractivity contribution in [2.75, 3.05) is 0 Å². The molecular formula is C22H17Cl3F6N2O2. The van der Waals surface area contributed by atoms with Gasteiger partial charge >= 0.3 is 12.4 Å². The van der Waals surface area contributed by atoms with Crippen LogP contribution in [0, 0.1) is 0 Å². The molecule has 2 N–H and O–H groups in total. The number of nitrogens with one attached hydrogen (secondary N) is 2. The van der Waals surface area contributed by atoms with Crippen molar-refractivity contribution in [1.29, 1.82) is 0 Å². The Morgan fingerprint density at radius 3 is 1.97 bits per heavy atom. The Bertz CT molecular complexity index is 1080. The van der Waals surface area contributed by atoms with Crippen molar-refractivity contribution in [3.05, 3.63) is 74.2 Å². The molecule has 0 aromatic heterocycles. The van der Waals surface area contributed by atoms with Gasteiger partial charge in [0.2, 0.25) is 5.91 Å². The van der Waals surface area contributed by atoms with Gasteiger partial charge in [-0.3, -0.25) is 9.59 Å². The number of hydrogen-bond donors (Lipinski definition) is 2. The van der Waals surface area contributed by atoms with Crippen molar-refractivity contribution in [2.24, 2.45) is 0 Å². The molecule has 13 heteroatoms. The van der Waals surface area contributed by atoms with Crippen LogP contribution in [0.25, 0.3) is 6.08 Å². The molecular weight excluding hydrogens is 545 g/mol. The summed E-state index contributed by atoms with van der Waals surface area (Å²) in [6, 6.07) is 7.48. The Balaban J connectivity index is 2.10. The molecule has 0 aliphatic heterocycles. The van der Waals surface area contributed by atoms with Crippen LogP contribution in [0.15, 0.2) is 42.5 Å². The summed E-state index contributed by atoms with van der Waals surface area (Å²) in [6.07, 6.45) is -10.1. The summed E-state index contributed by atoms with van der Waals surface area (Å²) in [4.78, 5) is 23.5. The number of allylic oxidation sites excluding steroid dienone is 1. The van der Waals surface area contributed by atoms with Gasteiger partial charge in [0.05, 0.1) is 27.2 Å². The highest BCUT2D eigenvalue weighted by molar-refractivity contribution is 6.48. The topological polar surface area (TPSA) is 58.2 Å². The molecule has 2 rings (SSSR count). The molecule has 0 saturated heterocycles. The fourth-order valence-corrected chi connectivity index (χ4v) is 3.52. The second-order valence-electron chi connectivity index (χ2n) is 7.35. The number of alkyl halides is 6. The van der Waals surface area contributed by atoms with Crippen molar-refractivity contribution >= 4 is 52.7 Å². The number of halogens is 9. The van der Waals surface area contributed by atoms with Crippen molar-refractivity contribution < 1.29 is 35.9 Å². The summed E-state index contributed by atoms with van der Waals surface area (Å²) >= 11 is 17.5. The zero-order valence-electron chi connectivity index (χ0n) is 17.7. The molecule has 0 saturated carbocycles. The molecule has 2 aromatic rings. The minimum Gasteiger partial charge on any atom is -0.336 e.